The van der Waals surface area contributed by atoms with E-state index in [1.807, 2.05) is 0 Å². The molecule has 0 radical (unpaired) electrons. The second-order valence-electron chi connectivity index (χ2n) is 3.88. The van der Waals surface area contributed by atoms with E-state index in [2.05, 4.69) is 15.9 Å². The molecule has 1 rings (SSSR count). The van der Waals surface area contributed by atoms with Crippen LogP contribution in [0.3, 0.4) is 0 Å². The minimum Gasteiger partial charge on any atom is -0.480 e. The first-order valence-corrected chi connectivity index (χ1v) is 6.51. The molecule has 0 heterocycles. The van der Waals surface area contributed by atoms with Crippen molar-refractivity contribution in [3.63, 3.8) is 0 Å². The predicted molar refractivity (Wildman–Crippen MR) is 70.7 cm³/mol. The highest BCUT2D eigenvalue weighted by atomic mass is 79.9. The number of carboxylic acids is 1. The Bertz CT molecular complexity index is 460. The minimum atomic E-state index is -1.99. The lowest BCUT2D eigenvalue weighted by molar-refractivity contribution is -0.162. The number of carbonyl (C=O) groups is 2. The van der Waals surface area contributed by atoms with Crippen molar-refractivity contribution < 1.29 is 23.8 Å². The maximum absolute atomic E-state index is 12.7. The molecule has 0 aliphatic rings. The highest BCUT2D eigenvalue weighted by Crippen LogP contribution is 2.31. The van der Waals surface area contributed by atoms with Crippen LogP contribution in [0.25, 0.3) is 0 Å². The largest absolute Gasteiger partial charge is 0.480 e. The molecule has 0 amide bonds. The molecule has 0 saturated heterocycles. The van der Waals surface area contributed by atoms with Gasteiger partial charge in [-0.1, -0.05) is 28.1 Å². The molecule has 0 saturated carbocycles. The van der Waals surface area contributed by atoms with Gasteiger partial charge in [0.25, 0.3) is 0 Å². The quantitative estimate of drug-likeness (QED) is 0.642. The molecular weight excluding hydrogens is 319 g/mol. The van der Waals surface area contributed by atoms with Gasteiger partial charge in [-0.3, -0.25) is 14.0 Å². The molecule has 0 aromatic heterocycles. The van der Waals surface area contributed by atoms with E-state index < -0.39 is 30.4 Å². The summed E-state index contributed by atoms with van der Waals surface area (Å²) in [5.41, 5.74) is -1.79. The van der Waals surface area contributed by atoms with Crippen LogP contribution in [0, 0.1) is 0 Å². The fourth-order valence-corrected chi connectivity index (χ4v) is 2.08. The zero-order valence-corrected chi connectivity index (χ0v) is 11.9. The van der Waals surface area contributed by atoms with Crippen molar-refractivity contribution in [2.24, 2.45) is 0 Å². The van der Waals surface area contributed by atoms with Crippen molar-refractivity contribution in [1.29, 1.82) is 0 Å². The number of hydrogen-bond donors (Lipinski definition) is 1. The fourth-order valence-electron chi connectivity index (χ4n) is 1.81. The highest BCUT2D eigenvalue weighted by molar-refractivity contribution is 9.10. The normalized spacial score (nSPS) is 13.6. The van der Waals surface area contributed by atoms with Gasteiger partial charge in [0, 0.05) is 10.9 Å². The van der Waals surface area contributed by atoms with E-state index in [-0.39, 0.29) is 12.2 Å². The maximum Gasteiger partial charge on any atom is 0.328 e. The number of rotatable bonds is 6. The Morgan fingerprint density at radius 1 is 1.37 bits per heavy atom. The molecule has 0 bridgehead atoms. The number of esters is 1. The van der Waals surface area contributed by atoms with E-state index in [9.17, 15) is 19.1 Å². The lowest BCUT2D eigenvalue weighted by Gasteiger charge is -2.26. The molecule has 4 nitrogen and oxygen atoms in total. The first-order chi connectivity index (χ1) is 8.98. The molecular formula is C13H14BrFO4. The molecule has 0 aliphatic carbocycles. The van der Waals surface area contributed by atoms with Crippen molar-refractivity contribution in [1.82, 2.24) is 0 Å². The topological polar surface area (TPSA) is 63.6 Å². The van der Waals surface area contributed by atoms with Gasteiger partial charge in [0.2, 0.25) is 0 Å². The van der Waals surface area contributed by atoms with Crippen molar-refractivity contribution in [3.05, 3.63) is 34.3 Å². The smallest absolute Gasteiger partial charge is 0.328 e. The monoisotopic (exact) mass is 332 g/mol. The van der Waals surface area contributed by atoms with Gasteiger partial charge < -0.3 is 9.84 Å². The Kier molecular flexibility index (Phi) is 5.47. The SMILES string of the molecule is CCOC(=O)C(CCF)(C(=O)O)c1ccc(Br)cc1. The van der Waals surface area contributed by atoms with E-state index in [0.717, 1.165) is 4.47 Å². The first-order valence-electron chi connectivity index (χ1n) is 5.71. The number of aliphatic carboxylic acids is 1. The molecule has 1 aromatic rings. The Morgan fingerprint density at radius 3 is 2.37 bits per heavy atom. The maximum atomic E-state index is 12.7. The van der Waals surface area contributed by atoms with Crippen molar-refractivity contribution in [2.45, 2.75) is 18.8 Å². The van der Waals surface area contributed by atoms with Gasteiger partial charge in [0.15, 0.2) is 5.41 Å². The van der Waals surface area contributed by atoms with Crippen LogP contribution < -0.4 is 0 Å². The van der Waals surface area contributed by atoms with Crippen LogP contribution in [-0.2, 0) is 19.7 Å². The fraction of sp³-hybridized carbons (Fsp3) is 0.385. The lowest BCUT2D eigenvalue weighted by Crippen LogP contribution is -2.45. The van der Waals surface area contributed by atoms with Crippen LogP contribution in [0.2, 0.25) is 0 Å². The summed E-state index contributed by atoms with van der Waals surface area (Å²) < 4.78 is 18.3. The molecule has 1 atom stereocenters. The summed E-state index contributed by atoms with van der Waals surface area (Å²) in [6, 6.07) is 6.16. The number of alkyl halides is 1. The van der Waals surface area contributed by atoms with Crippen molar-refractivity contribution in [2.75, 3.05) is 13.3 Å². The Morgan fingerprint density at radius 2 is 1.95 bits per heavy atom. The van der Waals surface area contributed by atoms with Crippen LogP contribution in [0.4, 0.5) is 4.39 Å². The lowest BCUT2D eigenvalue weighted by atomic mass is 9.78. The Balaban J connectivity index is 3.34. The van der Waals surface area contributed by atoms with Gasteiger partial charge in [0.1, 0.15) is 0 Å². The van der Waals surface area contributed by atoms with Crippen LogP contribution in [0.1, 0.15) is 18.9 Å². The predicted octanol–water partition coefficient (Wildman–Crippen LogP) is 2.69. The average Bonchev–Trinajstić information content (AvgIpc) is 2.37. The molecule has 1 aromatic carbocycles. The second kappa shape index (κ2) is 6.65. The zero-order chi connectivity index (χ0) is 14.5. The van der Waals surface area contributed by atoms with Crippen molar-refractivity contribution in [3.8, 4) is 0 Å². The summed E-state index contributed by atoms with van der Waals surface area (Å²) in [5.74, 6) is -2.35. The number of hydrogen-bond acceptors (Lipinski definition) is 3. The zero-order valence-electron chi connectivity index (χ0n) is 10.4. The van der Waals surface area contributed by atoms with Crippen LogP contribution in [0.5, 0.6) is 0 Å². The molecule has 1 unspecified atom stereocenters. The summed E-state index contributed by atoms with van der Waals surface area (Å²) in [6.07, 6.45) is -0.456. The van der Waals surface area contributed by atoms with Gasteiger partial charge in [0.05, 0.1) is 13.3 Å². The summed E-state index contributed by atoms with van der Waals surface area (Å²) in [6.45, 7) is 0.680. The highest BCUT2D eigenvalue weighted by Gasteiger charge is 2.49. The third-order valence-corrected chi connectivity index (χ3v) is 3.32. The number of ether oxygens (including phenoxy) is 1. The number of carbonyl (C=O) groups excluding carboxylic acids is 1. The van der Waals surface area contributed by atoms with E-state index in [0.29, 0.717) is 0 Å². The summed E-state index contributed by atoms with van der Waals surface area (Å²) in [5, 5.41) is 9.40. The van der Waals surface area contributed by atoms with Crippen LogP contribution >= 0.6 is 15.9 Å². The molecule has 1 N–H and O–H groups in total. The summed E-state index contributed by atoms with van der Waals surface area (Å²) in [7, 11) is 0. The molecule has 0 fully saturated rings. The molecule has 104 valence electrons. The molecule has 0 spiro atoms. The number of carboxylic acid groups (broad SMARTS) is 1. The van der Waals surface area contributed by atoms with Gasteiger partial charge in [-0.25, -0.2) is 0 Å². The van der Waals surface area contributed by atoms with Gasteiger partial charge >= 0.3 is 11.9 Å². The van der Waals surface area contributed by atoms with Gasteiger partial charge in [-0.15, -0.1) is 0 Å². The van der Waals surface area contributed by atoms with Crippen molar-refractivity contribution >= 4 is 27.9 Å². The van der Waals surface area contributed by atoms with Crippen LogP contribution in [0.15, 0.2) is 28.7 Å². The summed E-state index contributed by atoms with van der Waals surface area (Å²) >= 11 is 3.22. The number of benzene rings is 1. The third kappa shape index (κ3) is 3.12. The Hall–Kier alpha value is -1.43. The molecule has 0 aliphatic heterocycles. The average molecular weight is 333 g/mol. The minimum absolute atomic E-state index is 0.0384. The van der Waals surface area contributed by atoms with E-state index >= 15 is 0 Å². The Labute approximate surface area is 118 Å². The van der Waals surface area contributed by atoms with E-state index in [1.165, 1.54) is 12.1 Å². The van der Waals surface area contributed by atoms with Gasteiger partial charge in [-0.2, -0.15) is 0 Å². The first kappa shape index (κ1) is 15.6. The van der Waals surface area contributed by atoms with E-state index in [4.69, 9.17) is 4.74 Å². The summed E-state index contributed by atoms with van der Waals surface area (Å²) in [4.78, 5) is 23.5. The molecule has 19 heavy (non-hydrogen) atoms. The van der Waals surface area contributed by atoms with Gasteiger partial charge in [-0.05, 0) is 24.6 Å². The molecule has 6 heteroatoms. The van der Waals surface area contributed by atoms with E-state index in [1.54, 1.807) is 19.1 Å². The van der Waals surface area contributed by atoms with Crippen LogP contribution in [-0.4, -0.2) is 30.3 Å². The number of halogens is 2. The second-order valence-corrected chi connectivity index (χ2v) is 4.79. The standard InChI is InChI=1S/C13H14BrFO4/c1-2-19-12(18)13(7-8-15,11(16)17)9-3-5-10(14)6-4-9/h3-6H,2,7-8H2,1H3,(H,16,17). The third-order valence-electron chi connectivity index (χ3n) is 2.80.